The summed E-state index contributed by atoms with van der Waals surface area (Å²) >= 11 is 8.36. The zero-order valence-corrected chi connectivity index (χ0v) is 16.2. The molecule has 0 spiro atoms. The Kier molecular flexibility index (Phi) is 6.04. The third-order valence-corrected chi connectivity index (χ3v) is 6.19. The fourth-order valence-corrected chi connectivity index (χ4v) is 4.37. The summed E-state index contributed by atoms with van der Waals surface area (Å²) in [7, 11) is -1.05. The molecule has 1 aliphatic rings. The topological polar surface area (TPSA) is 49.4 Å². The third kappa shape index (κ3) is 4.57. The van der Waals surface area contributed by atoms with E-state index in [9.17, 15) is 9.00 Å². The molecule has 1 N–H and O–H groups in total. The number of anilines is 2. The van der Waals surface area contributed by atoms with Gasteiger partial charge in [-0.15, -0.1) is 0 Å². The monoisotopic (exact) mass is 394 g/mol. The van der Waals surface area contributed by atoms with E-state index in [4.69, 9.17) is 11.6 Å². The molecule has 25 heavy (non-hydrogen) atoms. The summed E-state index contributed by atoms with van der Waals surface area (Å²) in [5.41, 5.74) is 2.19. The average molecular weight is 395 g/mol. The van der Waals surface area contributed by atoms with Gasteiger partial charge in [0.25, 0.3) is 5.91 Å². The van der Waals surface area contributed by atoms with E-state index in [1.807, 2.05) is 23.9 Å². The number of thioether (sulfide) groups is 1. The minimum atomic E-state index is -1.05. The molecule has 1 aliphatic heterocycles. The van der Waals surface area contributed by atoms with Crippen LogP contribution in [0.4, 0.5) is 11.4 Å². The summed E-state index contributed by atoms with van der Waals surface area (Å²) < 4.78 is 11.4. The van der Waals surface area contributed by atoms with Gasteiger partial charge in [0, 0.05) is 57.8 Å². The van der Waals surface area contributed by atoms with Crippen LogP contribution in [0, 0.1) is 0 Å². The molecule has 0 saturated carbocycles. The van der Waals surface area contributed by atoms with Gasteiger partial charge in [-0.25, -0.2) is 0 Å². The molecule has 132 valence electrons. The molecule has 0 unspecified atom stereocenters. The molecule has 2 aromatic rings. The van der Waals surface area contributed by atoms with Gasteiger partial charge in [-0.1, -0.05) is 11.6 Å². The van der Waals surface area contributed by atoms with E-state index in [1.54, 1.807) is 36.6 Å². The SMILES string of the molecule is C[S@](=O)c1ccc(C(=O)Nc2ccc(N3CCSCC3)c(Cl)c2)cc1. The van der Waals surface area contributed by atoms with Crippen molar-refractivity contribution in [3.05, 3.63) is 53.1 Å². The first kappa shape index (κ1) is 18.3. The number of rotatable bonds is 4. The van der Waals surface area contributed by atoms with Crippen LogP contribution >= 0.6 is 23.4 Å². The second kappa shape index (κ2) is 8.25. The highest BCUT2D eigenvalue weighted by molar-refractivity contribution is 7.99. The Morgan fingerprint density at radius 2 is 1.84 bits per heavy atom. The maximum Gasteiger partial charge on any atom is 0.255 e. The van der Waals surface area contributed by atoms with Crippen LogP contribution in [0.15, 0.2) is 47.4 Å². The Hall–Kier alpha value is -1.50. The molecule has 1 fully saturated rings. The standard InChI is InChI=1S/C18H19ClN2O2S2/c1-25(23)15-5-2-13(3-6-15)18(22)20-14-4-7-17(16(19)12-14)21-8-10-24-11-9-21/h2-7,12H,8-11H2,1H3,(H,20,22)/t25-/m0/s1. The molecular weight excluding hydrogens is 376 g/mol. The Bertz CT molecular complexity index is 790. The number of hydrogen-bond donors (Lipinski definition) is 1. The molecule has 2 aromatic carbocycles. The van der Waals surface area contributed by atoms with Crippen molar-refractivity contribution in [1.82, 2.24) is 0 Å². The van der Waals surface area contributed by atoms with Crippen LogP contribution in [0.1, 0.15) is 10.4 Å². The quantitative estimate of drug-likeness (QED) is 0.854. The van der Waals surface area contributed by atoms with E-state index in [0.717, 1.165) is 30.3 Å². The lowest BCUT2D eigenvalue weighted by Crippen LogP contribution is -2.32. The smallest absolute Gasteiger partial charge is 0.255 e. The highest BCUT2D eigenvalue weighted by atomic mass is 35.5. The van der Waals surface area contributed by atoms with Gasteiger partial charge in [-0.05, 0) is 42.5 Å². The number of benzene rings is 2. The molecule has 3 rings (SSSR count). The first-order valence-corrected chi connectivity index (χ1v) is 11.0. The molecule has 0 aromatic heterocycles. The van der Waals surface area contributed by atoms with E-state index >= 15 is 0 Å². The zero-order chi connectivity index (χ0) is 17.8. The Labute approximate surface area is 159 Å². The van der Waals surface area contributed by atoms with Gasteiger partial charge in [0.2, 0.25) is 0 Å². The van der Waals surface area contributed by atoms with E-state index in [0.29, 0.717) is 21.2 Å². The number of hydrogen-bond acceptors (Lipinski definition) is 4. The van der Waals surface area contributed by atoms with Crippen LogP contribution < -0.4 is 10.2 Å². The fourth-order valence-electron chi connectivity index (χ4n) is 2.65. The Morgan fingerprint density at radius 3 is 2.44 bits per heavy atom. The fraction of sp³-hybridized carbons (Fsp3) is 0.278. The number of carbonyl (C=O) groups is 1. The highest BCUT2D eigenvalue weighted by Gasteiger charge is 2.15. The van der Waals surface area contributed by atoms with Crippen LogP contribution in [0.2, 0.25) is 5.02 Å². The number of halogens is 1. The number of nitrogens with one attached hydrogen (secondary N) is 1. The zero-order valence-electron chi connectivity index (χ0n) is 13.8. The van der Waals surface area contributed by atoms with Gasteiger partial charge >= 0.3 is 0 Å². The van der Waals surface area contributed by atoms with Gasteiger partial charge in [0.05, 0.1) is 10.7 Å². The van der Waals surface area contributed by atoms with Gasteiger partial charge in [-0.3, -0.25) is 9.00 Å². The lowest BCUT2D eigenvalue weighted by atomic mass is 10.2. The third-order valence-electron chi connectivity index (χ3n) is 4.01. The summed E-state index contributed by atoms with van der Waals surface area (Å²) in [4.78, 5) is 15.3. The normalized spacial score (nSPS) is 15.7. The van der Waals surface area contributed by atoms with Crippen molar-refractivity contribution in [2.45, 2.75) is 4.90 Å². The van der Waals surface area contributed by atoms with Crippen molar-refractivity contribution in [3.63, 3.8) is 0 Å². The molecule has 1 amide bonds. The van der Waals surface area contributed by atoms with Crippen LogP contribution in [0.25, 0.3) is 0 Å². The van der Waals surface area contributed by atoms with Gasteiger partial charge < -0.3 is 10.2 Å². The van der Waals surface area contributed by atoms with E-state index in [1.165, 1.54) is 0 Å². The van der Waals surface area contributed by atoms with Gasteiger partial charge in [0.15, 0.2) is 0 Å². The predicted molar refractivity (Wildman–Crippen MR) is 108 cm³/mol. The minimum absolute atomic E-state index is 0.216. The molecule has 4 nitrogen and oxygen atoms in total. The van der Waals surface area contributed by atoms with Crippen LogP contribution in [-0.2, 0) is 10.8 Å². The summed E-state index contributed by atoms with van der Waals surface area (Å²) in [5.74, 6) is 1.99. The molecule has 0 aliphatic carbocycles. The average Bonchev–Trinajstić information content (AvgIpc) is 2.62. The summed E-state index contributed by atoms with van der Waals surface area (Å²) in [6.45, 7) is 1.97. The molecule has 0 radical (unpaired) electrons. The van der Waals surface area contributed by atoms with E-state index in [-0.39, 0.29) is 5.91 Å². The minimum Gasteiger partial charge on any atom is -0.369 e. The van der Waals surface area contributed by atoms with Crippen LogP contribution in [0.3, 0.4) is 0 Å². The number of carbonyl (C=O) groups excluding carboxylic acids is 1. The molecule has 1 heterocycles. The van der Waals surface area contributed by atoms with Crippen LogP contribution in [0.5, 0.6) is 0 Å². The van der Waals surface area contributed by atoms with Crippen molar-refractivity contribution < 1.29 is 9.00 Å². The molecule has 0 bridgehead atoms. The van der Waals surface area contributed by atoms with E-state index < -0.39 is 10.8 Å². The lowest BCUT2D eigenvalue weighted by molar-refractivity contribution is 0.102. The van der Waals surface area contributed by atoms with Crippen molar-refractivity contribution in [1.29, 1.82) is 0 Å². The maximum atomic E-state index is 12.3. The Balaban J connectivity index is 1.70. The molecule has 1 saturated heterocycles. The summed E-state index contributed by atoms with van der Waals surface area (Å²) in [5, 5.41) is 3.50. The number of nitrogens with zero attached hydrogens (tertiary/aromatic N) is 1. The predicted octanol–water partition coefficient (Wildman–Crippen LogP) is 3.88. The van der Waals surface area contributed by atoms with Gasteiger partial charge in [-0.2, -0.15) is 11.8 Å². The molecular formula is C18H19ClN2O2S2. The summed E-state index contributed by atoms with van der Waals surface area (Å²) in [6, 6.07) is 12.4. The first-order valence-electron chi connectivity index (χ1n) is 7.91. The van der Waals surface area contributed by atoms with Crippen molar-refractivity contribution in [2.75, 3.05) is 41.1 Å². The largest absolute Gasteiger partial charge is 0.369 e. The second-order valence-electron chi connectivity index (χ2n) is 5.70. The maximum absolute atomic E-state index is 12.3. The molecule has 1 atom stereocenters. The van der Waals surface area contributed by atoms with Crippen molar-refractivity contribution in [2.24, 2.45) is 0 Å². The summed E-state index contributed by atoms with van der Waals surface area (Å²) in [6.07, 6.45) is 1.61. The molecule has 7 heteroatoms. The first-order chi connectivity index (χ1) is 12.0. The highest BCUT2D eigenvalue weighted by Crippen LogP contribution is 2.30. The van der Waals surface area contributed by atoms with Crippen LogP contribution in [-0.4, -0.2) is 41.0 Å². The van der Waals surface area contributed by atoms with Gasteiger partial charge in [0.1, 0.15) is 0 Å². The van der Waals surface area contributed by atoms with Crippen molar-refractivity contribution in [3.8, 4) is 0 Å². The Morgan fingerprint density at radius 1 is 1.16 bits per heavy atom. The second-order valence-corrected chi connectivity index (χ2v) is 8.71. The lowest BCUT2D eigenvalue weighted by Gasteiger charge is -2.29. The number of amides is 1. The van der Waals surface area contributed by atoms with Crippen molar-refractivity contribution >= 4 is 51.4 Å². The van der Waals surface area contributed by atoms with E-state index in [2.05, 4.69) is 10.2 Å².